The van der Waals surface area contributed by atoms with E-state index in [1.54, 1.807) is 11.6 Å². The van der Waals surface area contributed by atoms with Crippen LogP contribution in [0.15, 0.2) is 41.8 Å². The van der Waals surface area contributed by atoms with Gasteiger partial charge < -0.3 is 9.47 Å². The van der Waals surface area contributed by atoms with Gasteiger partial charge in [-0.2, -0.15) is 4.98 Å². The molecule has 0 radical (unpaired) electrons. The van der Waals surface area contributed by atoms with Crippen LogP contribution in [-0.2, 0) is 11.2 Å². The Labute approximate surface area is 191 Å². The van der Waals surface area contributed by atoms with E-state index in [4.69, 9.17) is 9.47 Å². The molecule has 8 heteroatoms. The number of carbonyl (C=O) groups excluding carboxylic acids is 1. The van der Waals surface area contributed by atoms with Gasteiger partial charge in [-0.25, -0.2) is 4.52 Å². The van der Waals surface area contributed by atoms with Gasteiger partial charge in [-0.1, -0.05) is 29.8 Å². The molecular formula is C24H26N4O3S. The van der Waals surface area contributed by atoms with E-state index in [9.17, 15) is 4.79 Å². The van der Waals surface area contributed by atoms with E-state index < -0.39 is 0 Å². The normalized spacial score (nSPS) is 11.0. The highest BCUT2D eigenvalue weighted by molar-refractivity contribution is 7.15. The Bertz CT molecular complexity index is 1260. The van der Waals surface area contributed by atoms with Crippen LogP contribution in [0.2, 0.25) is 0 Å². The zero-order valence-corrected chi connectivity index (χ0v) is 19.5. The van der Waals surface area contributed by atoms with Crippen LogP contribution >= 0.6 is 11.3 Å². The molecule has 0 spiro atoms. The Balaban J connectivity index is 1.44. The summed E-state index contributed by atoms with van der Waals surface area (Å²) in [6, 6.07) is 12.0. The number of hydrogen-bond acceptors (Lipinski definition) is 6. The number of carbonyl (C=O) groups is 1. The number of hydrogen-bond donors (Lipinski definition) is 1. The molecule has 2 heterocycles. The van der Waals surface area contributed by atoms with Gasteiger partial charge in [-0.05, 0) is 50.5 Å². The zero-order chi connectivity index (χ0) is 22.7. The molecule has 0 aliphatic heterocycles. The van der Waals surface area contributed by atoms with Crippen LogP contribution in [-0.4, -0.2) is 34.2 Å². The number of nitrogens with one attached hydrogen (secondary N) is 1. The lowest BCUT2D eigenvalue weighted by atomic mass is 10.0. The van der Waals surface area contributed by atoms with Gasteiger partial charge in [0.2, 0.25) is 16.8 Å². The quantitative estimate of drug-likeness (QED) is 0.406. The molecule has 0 atom stereocenters. The third kappa shape index (κ3) is 4.60. The first kappa shape index (κ1) is 21.8. The predicted molar refractivity (Wildman–Crippen MR) is 127 cm³/mol. The first-order valence-electron chi connectivity index (χ1n) is 10.5. The molecule has 2 aromatic carbocycles. The van der Waals surface area contributed by atoms with Crippen molar-refractivity contribution < 1.29 is 14.3 Å². The molecule has 1 N–H and O–H groups in total. The van der Waals surface area contributed by atoms with Gasteiger partial charge in [-0.15, -0.1) is 16.4 Å². The van der Waals surface area contributed by atoms with E-state index in [0.717, 1.165) is 21.8 Å². The monoisotopic (exact) mass is 450 g/mol. The van der Waals surface area contributed by atoms with Crippen LogP contribution in [0.1, 0.15) is 30.0 Å². The van der Waals surface area contributed by atoms with Gasteiger partial charge in [0.1, 0.15) is 0 Å². The van der Waals surface area contributed by atoms with Crippen LogP contribution < -0.4 is 14.8 Å². The lowest BCUT2D eigenvalue weighted by Crippen LogP contribution is -2.13. The minimum atomic E-state index is -0.135. The minimum Gasteiger partial charge on any atom is -0.493 e. The number of benzene rings is 2. The van der Waals surface area contributed by atoms with Crippen molar-refractivity contribution in [2.45, 2.75) is 33.6 Å². The molecule has 0 saturated heterocycles. The molecule has 0 aliphatic rings. The Hall–Kier alpha value is -3.39. The maximum atomic E-state index is 12.5. The van der Waals surface area contributed by atoms with Gasteiger partial charge in [0.25, 0.3) is 0 Å². The summed E-state index contributed by atoms with van der Waals surface area (Å²) < 4.78 is 12.7. The molecule has 0 saturated carbocycles. The number of amides is 1. The van der Waals surface area contributed by atoms with E-state index in [1.807, 2.05) is 30.5 Å². The van der Waals surface area contributed by atoms with Crippen LogP contribution in [0.4, 0.5) is 5.95 Å². The summed E-state index contributed by atoms with van der Waals surface area (Å²) in [5.74, 6) is 1.55. The Morgan fingerprint density at radius 2 is 2.00 bits per heavy atom. The Morgan fingerprint density at radius 1 is 1.16 bits per heavy atom. The highest BCUT2D eigenvalue weighted by atomic mass is 32.1. The van der Waals surface area contributed by atoms with Gasteiger partial charge >= 0.3 is 0 Å². The van der Waals surface area contributed by atoms with E-state index in [2.05, 4.69) is 47.4 Å². The standard InChI is InChI=1S/C24H26N4O3S/c1-5-31-20-10-7-17(13-21(20)30-4)8-11-22(29)25-23-26-24-28(27-23)19(14-32-24)18-9-6-15(2)12-16(18)3/h6-7,9-10,12-14H,5,8,11H2,1-4H3,(H,25,27,29). The van der Waals surface area contributed by atoms with Crippen LogP contribution in [0.3, 0.4) is 0 Å². The fraction of sp³-hybridized carbons (Fsp3) is 0.292. The van der Waals surface area contributed by atoms with Crippen molar-refractivity contribution in [2.75, 3.05) is 19.0 Å². The summed E-state index contributed by atoms with van der Waals surface area (Å²) in [5.41, 5.74) is 5.47. The third-order valence-electron chi connectivity index (χ3n) is 5.16. The summed E-state index contributed by atoms with van der Waals surface area (Å²) in [6.45, 7) is 6.66. The highest BCUT2D eigenvalue weighted by Crippen LogP contribution is 2.30. The number of thiazole rings is 1. The number of methoxy groups -OCH3 is 1. The third-order valence-corrected chi connectivity index (χ3v) is 5.98. The molecule has 32 heavy (non-hydrogen) atoms. The van der Waals surface area contributed by atoms with Gasteiger partial charge in [0, 0.05) is 17.4 Å². The van der Waals surface area contributed by atoms with Crippen LogP contribution in [0.25, 0.3) is 16.2 Å². The number of aromatic nitrogens is 3. The molecule has 166 valence electrons. The lowest BCUT2D eigenvalue weighted by molar-refractivity contribution is -0.116. The summed E-state index contributed by atoms with van der Waals surface area (Å²) in [4.78, 5) is 17.7. The van der Waals surface area contributed by atoms with Crippen LogP contribution in [0, 0.1) is 13.8 Å². The zero-order valence-electron chi connectivity index (χ0n) is 18.6. The number of ether oxygens (including phenoxy) is 2. The SMILES string of the molecule is CCOc1ccc(CCC(=O)Nc2nc3scc(-c4ccc(C)cc4C)n3n2)cc1OC. The maximum Gasteiger partial charge on any atom is 0.250 e. The smallest absolute Gasteiger partial charge is 0.250 e. The summed E-state index contributed by atoms with van der Waals surface area (Å²) in [7, 11) is 1.61. The molecule has 0 aliphatic carbocycles. The van der Waals surface area contributed by atoms with E-state index in [-0.39, 0.29) is 5.91 Å². The lowest BCUT2D eigenvalue weighted by Gasteiger charge is -2.10. The van der Waals surface area contributed by atoms with Crippen molar-refractivity contribution >= 4 is 28.2 Å². The van der Waals surface area contributed by atoms with Gasteiger partial charge in [0.15, 0.2) is 11.5 Å². The fourth-order valence-corrected chi connectivity index (χ4v) is 4.43. The number of fused-ring (bicyclic) bond motifs is 1. The number of rotatable bonds is 8. The second-order valence-corrected chi connectivity index (χ2v) is 8.37. The van der Waals surface area contributed by atoms with E-state index in [0.29, 0.717) is 36.9 Å². The fourth-order valence-electron chi connectivity index (χ4n) is 3.61. The number of nitrogens with zero attached hydrogens (tertiary/aromatic N) is 3. The van der Waals surface area contributed by atoms with Crippen molar-refractivity contribution in [1.82, 2.24) is 14.6 Å². The Kier molecular flexibility index (Phi) is 6.41. The first-order chi connectivity index (χ1) is 15.5. The van der Waals surface area contributed by atoms with E-state index >= 15 is 0 Å². The Morgan fingerprint density at radius 3 is 2.75 bits per heavy atom. The summed E-state index contributed by atoms with van der Waals surface area (Å²) in [5, 5.41) is 9.37. The average molecular weight is 451 g/mol. The topological polar surface area (TPSA) is 77.8 Å². The van der Waals surface area contributed by atoms with Crippen LogP contribution in [0.5, 0.6) is 11.5 Å². The van der Waals surface area contributed by atoms with Crippen molar-refractivity contribution in [3.8, 4) is 22.8 Å². The summed E-state index contributed by atoms with van der Waals surface area (Å²) >= 11 is 1.50. The minimum absolute atomic E-state index is 0.135. The van der Waals surface area contributed by atoms with Crippen molar-refractivity contribution in [3.63, 3.8) is 0 Å². The molecule has 0 unspecified atom stereocenters. The highest BCUT2D eigenvalue weighted by Gasteiger charge is 2.15. The molecule has 0 bridgehead atoms. The molecule has 0 fully saturated rings. The van der Waals surface area contributed by atoms with Crippen molar-refractivity contribution in [3.05, 3.63) is 58.5 Å². The summed E-state index contributed by atoms with van der Waals surface area (Å²) in [6.07, 6.45) is 0.887. The number of anilines is 1. The van der Waals surface area contributed by atoms with Crippen molar-refractivity contribution in [2.24, 2.45) is 0 Å². The van der Waals surface area contributed by atoms with Gasteiger partial charge in [0.05, 0.1) is 19.4 Å². The molecule has 4 aromatic rings. The number of aryl methyl sites for hydroxylation is 3. The molecule has 7 nitrogen and oxygen atoms in total. The molecule has 1 amide bonds. The average Bonchev–Trinajstić information content (AvgIpc) is 3.33. The van der Waals surface area contributed by atoms with E-state index in [1.165, 1.54) is 22.5 Å². The first-order valence-corrected chi connectivity index (χ1v) is 11.4. The maximum absolute atomic E-state index is 12.5. The predicted octanol–water partition coefficient (Wildman–Crippen LogP) is 5.05. The molecule has 2 aromatic heterocycles. The van der Waals surface area contributed by atoms with Gasteiger partial charge in [-0.3, -0.25) is 10.1 Å². The van der Waals surface area contributed by atoms with Crippen molar-refractivity contribution in [1.29, 1.82) is 0 Å². The second-order valence-electron chi connectivity index (χ2n) is 7.54. The second kappa shape index (κ2) is 9.40. The molecule has 4 rings (SSSR count). The largest absolute Gasteiger partial charge is 0.493 e. The molecular weight excluding hydrogens is 424 g/mol.